The van der Waals surface area contributed by atoms with E-state index in [0.717, 1.165) is 135 Å². The van der Waals surface area contributed by atoms with Crippen molar-refractivity contribution >= 4 is 23.9 Å². The summed E-state index contributed by atoms with van der Waals surface area (Å²) in [7, 11) is 0. The monoisotopic (exact) mass is 1080 g/mol. The maximum Gasteiger partial charge on any atom is 0.416 e. The van der Waals surface area contributed by atoms with Crippen molar-refractivity contribution < 1.29 is 100 Å². The highest BCUT2D eigenvalue weighted by molar-refractivity contribution is 5.98. The maximum absolute atomic E-state index is 13.2. The van der Waals surface area contributed by atoms with Crippen molar-refractivity contribution in [3.63, 3.8) is 0 Å². The fraction of sp³-hybridized carbons (Fsp3) is 0.259. The van der Waals surface area contributed by atoms with Crippen molar-refractivity contribution in [2.75, 3.05) is 13.2 Å². The molecule has 0 saturated heterocycles. The highest BCUT2D eigenvalue weighted by Gasteiger charge is 2.33. The van der Waals surface area contributed by atoms with Gasteiger partial charge in [-0.3, -0.25) is 0 Å². The molecule has 6 aromatic carbocycles. The van der Waals surface area contributed by atoms with Gasteiger partial charge in [0, 0.05) is 0 Å². The number of halogens is 12. The summed E-state index contributed by atoms with van der Waals surface area (Å²) in [6, 6.07) is 20.4. The van der Waals surface area contributed by atoms with Gasteiger partial charge in [0.1, 0.15) is 45.6 Å². The third kappa shape index (κ3) is 16.7. The molecule has 0 aliphatic carbocycles. The minimum absolute atomic E-state index is 0.0309. The molecule has 0 unspecified atom stereocenters. The lowest BCUT2D eigenvalue weighted by atomic mass is 10.1. The Hall–Kier alpha value is -8.04. The SMILES string of the molecule is O=C(Oc1ccc(C(F)(F)F)cc1)c1ccc(C(=O)Oc2ccc(C(F)(F)F)cc2)c(OCCCCCCCCCCOc2cc(C(=O)Oc3ccc(C(F)(F)F)cc3)ccc2C(=O)Oc2ccc(C(F)(F)F)cc2)c1. The van der Waals surface area contributed by atoms with E-state index in [1.54, 1.807) is 0 Å². The van der Waals surface area contributed by atoms with Gasteiger partial charge in [-0.05, 0) is 146 Å². The van der Waals surface area contributed by atoms with Crippen LogP contribution in [0.25, 0.3) is 0 Å². The third-order valence-electron chi connectivity index (χ3n) is 11.0. The summed E-state index contributed by atoms with van der Waals surface area (Å²) in [6.07, 6.45) is -13.3. The standard InChI is InChI=1S/C54H42F12O10/c55-51(56,57)35-11-19-39(20-12-35)73-47(67)33-9-27-43(49(69)75-41-23-15-37(16-24-41)53(61,62)63)45(31-33)71-29-7-5-3-1-2-4-6-8-30-72-46-32-34(48(68)74-40-21-13-36(14-22-40)52(58,59)60)10-28-44(46)50(70)76-42-25-17-38(18-26-42)54(64,65)66/h9-28,31-32H,1-8,29-30H2. The molecule has 6 aromatic rings. The molecule has 10 nitrogen and oxygen atoms in total. The molecule has 22 heteroatoms. The van der Waals surface area contributed by atoms with E-state index in [4.69, 9.17) is 28.4 Å². The molecular formula is C54H42F12O10. The van der Waals surface area contributed by atoms with E-state index in [0.29, 0.717) is 25.7 Å². The number of benzene rings is 6. The topological polar surface area (TPSA) is 124 Å². The fourth-order valence-corrected chi connectivity index (χ4v) is 7.01. The van der Waals surface area contributed by atoms with Crippen LogP contribution in [0.5, 0.6) is 34.5 Å². The summed E-state index contributed by atoms with van der Waals surface area (Å²) in [5, 5.41) is 0. The Kier molecular flexibility index (Phi) is 18.8. The number of unbranched alkanes of at least 4 members (excludes halogenated alkanes) is 7. The second-order valence-corrected chi connectivity index (χ2v) is 16.6. The number of carbonyl (C=O) groups is 4. The normalized spacial score (nSPS) is 11.9. The van der Waals surface area contributed by atoms with Crippen molar-refractivity contribution in [1.29, 1.82) is 0 Å². The summed E-state index contributed by atoms with van der Waals surface area (Å²) in [6.45, 7) is 0.0618. The first-order valence-corrected chi connectivity index (χ1v) is 23.0. The first-order chi connectivity index (χ1) is 35.8. The van der Waals surface area contributed by atoms with Gasteiger partial charge in [-0.25, -0.2) is 19.2 Å². The van der Waals surface area contributed by atoms with Crippen LogP contribution in [0, 0.1) is 0 Å². The predicted molar refractivity (Wildman–Crippen MR) is 246 cm³/mol. The van der Waals surface area contributed by atoms with Crippen LogP contribution in [0.15, 0.2) is 133 Å². The zero-order chi connectivity index (χ0) is 55.3. The Morgan fingerprint density at radius 1 is 0.303 bits per heavy atom. The van der Waals surface area contributed by atoms with Crippen molar-refractivity contribution in [2.45, 2.75) is 76.1 Å². The quantitative estimate of drug-likeness (QED) is 0.0298. The summed E-state index contributed by atoms with van der Waals surface area (Å²) < 4.78 is 189. The number of hydrogen-bond acceptors (Lipinski definition) is 10. The van der Waals surface area contributed by atoms with Gasteiger partial charge in [0.15, 0.2) is 0 Å². The number of rotatable bonds is 21. The first-order valence-electron chi connectivity index (χ1n) is 23.0. The van der Waals surface area contributed by atoms with Crippen LogP contribution >= 0.6 is 0 Å². The largest absolute Gasteiger partial charge is 0.493 e. The highest BCUT2D eigenvalue weighted by atomic mass is 19.4. The smallest absolute Gasteiger partial charge is 0.416 e. The van der Waals surface area contributed by atoms with Gasteiger partial charge in [0.05, 0.1) is 46.6 Å². The molecule has 0 bridgehead atoms. The molecule has 0 N–H and O–H groups in total. The summed E-state index contributed by atoms with van der Waals surface area (Å²) in [5.74, 6) is -5.21. The number of esters is 4. The lowest BCUT2D eigenvalue weighted by Crippen LogP contribution is -2.14. The summed E-state index contributed by atoms with van der Waals surface area (Å²) in [5.41, 5.74) is -4.60. The van der Waals surface area contributed by atoms with E-state index >= 15 is 0 Å². The predicted octanol–water partition coefficient (Wildman–Crippen LogP) is 15.2. The van der Waals surface area contributed by atoms with Gasteiger partial charge in [0.25, 0.3) is 0 Å². The zero-order valence-corrected chi connectivity index (χ0v) is 39.4. The molecular weight excluding hydrogens is 1040 g/mol. The van der Waals surface area contributed by atoms with Gasteiger partial charge >= 0.3 is 48.6 Å². The number of carbonyl (C=O) groups excluding carboxylic acids is 4. The van der Waals surface area contributed by atoms with Crippen LogP contribution in [0.4, 0.5) is 52.7 Å². The van der Waals surface area contributed by atoms with Crippen LogP contribution in [-0.2, 0) is 24.7 Å². The van der Waals surface area contributed by atoms with Gasteiger partial charge in [0.2, 0.25) is 0 Å². The number of alkyl halides is 12. The molecule has 0 saturated carbocycles. The third-order valence-corrected chi connectivity index (χ3v) is 11.0. The molecule has 0 aromatic heterocycles. The molecule has 0 spiro atoms. The molecule has 0 heterocycles. The molecule has 0 aliphatic heterocycles. The Morgan fingerprint density at radius 2 is 0.539 bits per heavy atom. The van der Waals surface area contributed by atoms with Crippen LogP contribution in [-0.4, -0.2) is 37.1 Å². The van der Waals surface area contributed by atoms with E-state index in [9.17, 15) is 71.9 Å². The summed E-state index contributed by atoms with van der Waals surface area (Å²) in [4.78, 5) is 52.4. The Morgan fingerprint density at radius 3 is 0.789 bits per heavy atom. The second-order valence-electron chi connectivity index (χ2n) is 16.6. The van der Waals surface area contributed by atoms with Crippen LogP contribution in [0.3, 0.4) is 0 Å². The maximum atomic E-state index is 13.2. The first kappa shape index (κ1) is 57.2. The Labute approximate surface area is 425 Å². The zero-order valence-electron chi connectivity index (χ0n) is 39.4. The van der Waals surface area contributed by atoms with E-state index in [2.05, 4.69) is 0 Å². The molecule has 0 amide bonds. The highest BCUT2D eigenvalue weighted by Crippen LogP contribution is 2.35. The summed E-state index contributed by atoms with van der Waals surface area (Å²) >= 11 is 0. The lowest BCUT2D eigenvalue weighted by Gasteiger charge is -2.14. The van der Waals surface area contributed by atoms with Crippen molar-refractivity contribution in [3.8, 4) is 34.5 Å². The van der Waals surface area contributed by atoms with Crippen LogP contribution in [0.1, 0.15) is 115 Å². The van der Waals surface area contributed by atoms with Crippen molar-refractivity contribution in [3.05, 3.63) is 178 Å². The second kappa shape index (κ2) is 25.0. The van der Waals surface area contributed by atoms with Gasteiger partial charge in [-0.2, -0.15) is 52.7 Å². The minimum atomic E-state index is -4.64. The molecule has 0 atom stereocenters. The van der Waals surface area contributed by atoms with Crippen molar-refractivity contribution in [1.82, 2.24) is 0 Å². The average molecular weight is 1080 g/mol. The van der Waals surface area contributed by atoms with E-state index < -0.39 is 70.8 Å². The molecule has 76 heavy (non-hydrogen) atoms. The van der Waals surface area contributed by atoms with E-state index in [1.807, 2.05) is 0 Å². The average Bonchev–Trinajstić information content (AvgIpc) is 3.36. The Bertz CT molecular complexity index is 2730. The van der Waals surface area contributed by atoms with E-state index in [-0.39, 0.29) is 70.0 Å². The number of hydrogen-bond donors (Lipinski definition) is 0. The van der Waals surface area contributed by atoms with Gasteiger partial charge in [-0.1, -0.05) is 38.5 Å². The molecule has 0 fully saturated rings. The van der Waals surface area contributed by atoms with Crippen molar-refractivity contribution in [2.24, 2.45) is 0 Å². The minimum Gasteiger partial charge on any atom is -0.493 e. The fourth-order valence-electron chi connectivity index (χ4n) is 7.01. The van der Waals surface area contributed by atoms with Crippen LogP contribution in [0.2, 0.25) is 0 Å². The molecule has 0 aliphatic rings. The number of ether oxygens (including phenoxy) is 6. The molecule has 6 rings (SSSR count). The molecule has 0 radical (unpaired) electrons. The van der Waals surface area contributed by atoms with Gasteiger partial charge in [-0.15, -0.1) is 0 Å². The lowest BCUT2D eigenvalue weighted by molar-refractivity contribution is -0.138. The van der Waals surface area contributed by atoms with Crippen LogP contribution < -0.4 is 28.4 Å². The van der Waals surface area contributed by atoms with E-state index in [1.165, 1.54) is 24.3 Å². The Balaban J connectivity index is 0.996. The molecule has 402 valence electrons. The van der Waals surface area contributed by atoms with Gasteiger partial charge < -0.3 is 28.4 Å².